The molecule has 1 aliphatic rings. The average molecular weight is 302 g/mol. The summed E-state index contributed by atoms with van der Waals surface area (Å²) in [7, 11) is 0. The Morgan fingerprint density at radius 1 is 1.36 bits per heavy atom. The van der Waals surface area contributed by atoms with E-state index in [1.165, 1.54) is 0 Å². The van der Waals surface area contributed by atoms with E-state index in [0.29, 0.717) is 31.0 Å². The Bertz CT molecular complexity index is 652. The fourth-order valence-corrected chi connectivity index (χ4v) is 2.36. The Labute approximate surface area is 128 Å². The zero-order chi connectivity index (χ0) is 15.7. The number of amides is 1. The van der Waals surface area contributed by atoms with Crippen LogP contribution in [-0.4, -0.2) is 40.3 Å². The molecule has 1 fully saturated rings. The van der Waals surface area contributed by atoms with Crippen LogP contribution in [0, 0.1) is 13.8 Å². The minimum absolute atomic E-state index is 0.0671. The Balaban J connectivity index is 1.61. The van der Waals surface area contributed by atoms with Crippen LogP contribution in [0.3, 0.4) is 0 Å². The number of aliphatic hydroxyl groups excluding tert-OH is 1. The number of aromatic nitrogens is 1. The smallest absolute Gasteiger partial charge is 0.254 e. The summed E-state index contributed by atoms with van der Waals surface area (Å²) in [5, 5.41) is 13.1. The van der Waals surface area contributed by atoms with E-state index < -0.39 is 0 Å². The number of aliphatic hydroxyl groups is 1. The molecule has 3 rings (SSSR count). The number of benzene rings is 1. The topological polar surface area (TPSA) is 75.8 Å². The molecule has 1 aliphatic heterocycles. The van der Waals surface area contributed by atoms with Crippen LogP contribution in [0.15, 0.2) is 28.8 Å². The van der Waals surface area contributed by atoms with Crippen LogP contribution in [0.2, 0.25) is 0 Å². The Morgan fingerprint density at radius 2 is 2.05 bits per heavy atom. The number of hydrogen-bond acceptors (Lipinski definition) is 5. The quantitative estimate of drug-likeness (QED) is 0.930. The molecule has 0 aliphatic carbocycles. The number of carbonyl (C=O) groups excluding carboxylic acids is 1. The molecular weight excluding hydrogens is 284 g/mol. The second-order valence-corrected chi connectivity index (χ2v) is 5.48. The van der Waals surface area contributed by atoms with E-state index in [1.54, 1.807) is 29.2 Å². The number of carbonyl (C=O) groups is 1. The van der Waals surface area contributed by atoms with Crippen molar-refractivity contribution in [2.24, 2.45) is 0 Å². The third-order valence-corrected chi connectivity index (χ3v) is 3.82. The molecule has 0 unspecified atom stereocenters. The third kappa shape index (κ3) is 2.82. The van der Waals surface area contributed by atoms with Crippen LogP contribution < -0.4 is 4.74 Å². The zero-order valence-corrected chi connectivity index (χ0v) is 12.6. The number of nitrogens with zero attached hydrogens (tertiary/aromatic N) is 2. The lowest BCUT2D eigenvalue weighted by Gasteiger charge is -2.35. The van der Waals surface area contributed by atoms with Crippen molar-refractivity contribution in [3.8, 4) is 5.75 Å². The largest absolute Gasteiger partial charge is 0.489 e. The molecule has 1 aromatic heterocycles. The highest BCUT2D eigenvalue weighted by Gasteiger charge is 2.29. The average Bonchev–Trinajstić information content (AvgIpc) is 2.81. The number of aryl methyl sites for hydroxylation is 2. The molecule has 6 nitrogen and oxygen atoms in total. The molecule has 1 N–H and O–H groups in total. The second-order valence-electron chi connectivity index (χ2n) is 5.48. The molecule has 0 spiro atoms. The zero-order valence-electron chi connectivity index (χ0n) is 12.6. The maximum atomic E-state index is 12.1. The molecule has 1 amide bonds. The van der Waals surface area contributed by atoms with Crippen LogP contribution in [0.1, 0.15) is 27.4 Å². The molecule has 0 radical (unpaired) electrons. The van der Waals surface area contributed by atoms with E-state index in [-0.39, 0.29) is 12.0 Å². The van der Waals surface area contributed by atoms with Gasteiger partial charge < -0.3 is 19.3 Å². The predicted molar refractivity (Wildman–Crippen MR) is 78.7 cm³/mol. The third-order valence-electron chi connectivity index (χ3n) is 3.82. The van der Waals surface area contributed by atoms with E-state index >= 15 is 0 Å². The van der Waals surface area contributed by atoms with Gasteiger partial charge in [0, 0.05) is 18.7 Å². The maximum absolute atomic E-state index is 12.1. The Hall–Kier alpha value is -2.34. The van der Waals surface area contributed by atoms with Gasteiger partial charge in [-0.3, -0.25) is 4.79 Å². The summed E-state index contributed by atoms with van der Waals surface area (Å²) in [6, 6.07) is 6.99. The van der Waals surface area contributed by atoms with Crippen molar-refractivity contribution in [1.29, 1.82) is 0 Å². The van der Waals surface area contributed by atoms with Gasteiger partial charge >= 0.3 is 0 Å². The van der Waals surface area contributed by atoms with Gasteiger partial charge in [0.15, 0.2) is 0 Å². The van der Waals surface area contributed by atoms with Crippen LogP contribution in [0.5, 0.6) is 5.75 Å². The minimum Gasteiger partial charge on any atom is -0.489 e. The summed E-state index contributed by atoms with van der Waals surface area (Å²) in [5.74, 6) is 1.36. The van der Waals surface area contributed by atoms with Gasteiger partial charge in [-0.2, -0.15) is 0 Å². The summed E-state index contributed by atoms with van der Waals surface area (Å²) in [4.78, 5) is 13.7. The summed E-state index contributed by atoms with van der Waals surface area (Å²) >= 11 is 0. The Morgan fingerprint density at radius 3 is 2.59 bits per heavy atom. The standard InChI is InChI=1S/C16H18N2O4/c1-10-15(11(2)22-17-10)9-21-14-5-3-12(4-6-14)16(20)18-7-13(19)8-18/h3-6,13,19H,7-9H2,1-2H3. The van der Waals surface area contributed by atoms with Crippen molar-refractivity contribution >= 4 is 5.91 Å². The molecule has 116 valence electrons. The number of hydrogen-bond donors (Lipinski definition) is 1. The number of likely N-dealkylation sites (tertiary alicyclic amines) is 1. The first-order valence-corrected chi connectivity index (χ1v) is 7.16. The highest BCUT2D eigenvalue weighted by atomic mass is 16.5. The number of ether oxygens (including phenoxy) is 1. The van der Waals surface area contributed by atoms with E-state index in [4.69, 9.17) is 9.26 Å². The van der Waals surface area contributed by atoms with Crippen LogP contribution in [0.4, 0.5) is 0 Å². The molecule has 2 heterocycles. The van der Waals surface area contributed by atoms with Crippen molar-refractivity contribution in [3.63, 3.8) is 0 Å². The van der Waals surface area contributed by atoms with Crippen molar-refractivity contribution in [3.05, 3.63) is 46.8 Å². The predicted octanol–water partition coefficient (Wildman–Crippen LogP) is 1.69. The van der Waals surface area contributed by atoms with Crippen molar-refractivity contribution in [1.82, 2.24) is 10.1 Å². The highest BCUT2D eigenvalue weighted by molar-refractivity contribution is 5.94. The number of β-amino-alcohol motifs (C(OH)–C–C–N with tert-alkyl or cyclic N) is 1. The van der Waals surface area contributed by atoms with Crippen LogP contribution >= 0.6 is 0 Å². The first-order chi connectivity index (χ1) is 10.5. The van der Waals surface area contributed by atoms with Gasteiger partial charge in [0.1, 0.15) is 18.1 Å². The first kappa shape index (κ1) is 14.6. The fourth-order valence-electron chi connectivity index (χ4n) is 2.36. The molecule has 2 aromatic rings. The van der Waals surface area contributed by atoms with Gasteiger partial charge in [-0.15, -0.1) is 0 Å². The summed E-state index contributed by atoms with van der Waals surface area (Å²) in [5.41, 5.74) is 2.35. The SMILES string of the molecule is Cc1noc(C)c1COc1ccc(C(=O)N2CC(O)C2)cc1. The maximum Gasteiger partial charge on any atom is 0.254 e. The fraction of sp³-hybridized carbons (Fsp3) is 0.375. The van der Waals surface area contributed by atoms with E-state index in [1.807, 2.05) is 13.8 Å². The van der Waals surface area contributed by atoms with E-state index in [9.17, 15) is 9.90 Å². The summed E-state index contributed by atoms with van der Waals surface area (Å²) < 4.78 is 10.8. The lowest BCUT2D eigenvalue weighted by molar-refractivity contribution is 0.00589. The summed E-state index contributed by atoms with van der Waals surface area (Å²) in [6.07, 6.45) is -0.387. The lowest BCUT2D eigenvalue weighted by Crippen LogP contribution is -2.53. The lowest BCUT2D eigenvalue weighted by atomic mass is 10.1. The molecule has 0 bridgehead atoms. The highest BCUT2D eigenvalue weighted by Crippen LogP contribution is 2.19. The van der Waals surface area contributed by atoms with Gasteiger partial charge in [-0.25, -0.2) is 0 Å². The van der Waals surface area contributed by atoms with E-state index in [2.05, 4.69) is 5.16 Å². The van der Waals surface area contributed by atoms with Crippen LogP contribution in [0.25, 0.3) is 0 Å². The summed E-state index contributed by atoms with van der Waals surface area (Å²) in [6.45, 7) is 4.92. The van der Waals surface area contributed by atoms with Crippen molar-refractivity contribution in [2.45, 2.75) is 26.6 Å². The molecular formula is C16H18N2O4. The van der Waals surface area contributed by atoms with Gasteiger partial charge in [-0.1, -0.05) is 5.16 Å². The second kappa shape index (κ2) is 5.81. The van der Waals surface area contributed by atoms with Gasteiger partial charge in [-0.05, 0) is 38.1 Å². The molecule has 0 atom stereocenters. The monoisotopic (exact) mass is 302 g/mol. The number of rotatable bonds is 4. The molecule has 6 heteroatoms. The van der Waals surface area contributed by atoms with Crippen LogP contribution in [-0.2, 0) is 6.61 Å². The van der Waals surface area contributed by atoms with Crippen molar-refractivity contribution < 1.29 is 19.2 Å². The minimum atomic E-state index is -0.387. The molecule has 0 saturated carbocycles. The normalized spacial score (nSPS) is 14.8. The van der Waals surface area contributed by atoms with Crippen molar-refractivity contribution in [2.75, 3.05) is 13.1 Å². The van der Waals surface area contributed by atoms with Gasteiger partial charge in [0.25, 0.3) is 5.91 Å². The Kier molecular flexibility index (Phi) is 3.85. The van der Waals surface area contributed by atoms with E-state index in [0.717, 1.165) is 17.0 Å². The molecule has 1 aromatic carbocycles. The first-order valence-electron chi connectivity index (χ1n) is 7.16. The molecule has 1 saturated heterocycles. The van der Waals surface area contributed by atoms with Gasteiger partial charge in [0.05, 0.1) is 17.4 Å². The van der Waals surface area contributed by atoms with Gasteiger partial charge in [0.2, 0.25) is 0 Å². The molecule has 22 heavy (non-hydrogen) atoms.